The van der Waals surface area contributed by atoms with Crippen molar-refractivity contribution in [1.29, 1.82) is 0 Å². The van der Waals surface area contributed by atoms with Gasteiger partial charge in [0.15, 0.2) is 6.61 Å². The smallest absolute Gasteiger partial charge is 0.305 e. The van der Waals surface area contributed by atoms with E-state index >= 15 is 0 Å². The summed E-state index contributed by atoms with van der Waals surface area (Å²) in [7, 11) is 0. The number of amides is 3. The summed E-state index contributed by atoms with van der Waals surface area (Å²) in [5, 5.41) is 3.17. The van der Waals surface area contributed by atoms with Crippen LogP contribution in [0.3, 0.4) is 0 Å². The van der Waals surface area contributed by atoms with Crippen LogP contribution in [0.5, 0.6) is 5.75 Å². The lowest BCUT2D eigenvalue weighted by Crippen LogP contribution is -2.32. The maximum atomic E-state index is 13.8. The van der Waals surface area contributed by atoms with Gasteiger partial charge in [0.2, 0.25) is 11.8 Å². The lowest BCUT2D eigenvalue weighted by molar-refractivity contribution is -0.122. The molecule has 0 radical (unpaired) electrons. The molecule has 0 aliphatic carbocycles. The van der Waals surface area contributed by atoms with E-state index in [4.69, 9.17) is 16.3 Å². The lowest BCUT2D eigenvalue weighted by atomic mass is 9.83. The zero-order valence-electron chi connectivity index (χ0n) is 21.1. The van der Waals surface area contributed by atoms with Gasteiger partial charge in [-0.15, -0.1) is 0 Å². The number of fused-ring (bicyclic) bond motifs is 2. The number of hydrogen-bond acceptors (Lipinski definition) is 7. The number of aromatic nitrogens is 1. The molecule has 1 fully saturated rings. The molecule has 2 aliphatic rings. The summed E-state index contributed by atoms with van der Waals surface area (Å²) in [4.78, 5) is 56.6. The van der Waals surface area contributed by atoms with Crippen LogP contribution in [0.4, 0.5) is 11.4 Å². The maximum Gasteiger partial charge on any atom is 0.305 e. The maximum absolute atomic E-state index is 13.8. The molecule has 0 spiro atoms. The van der Waals surface area contributed by atoms with Crippen molar-refractivity contribution in [3.63, 3.8) is 0 Å². The highest BCUT2D eigenvalue weighted by atomic mass is 35.5. The van der Waals surface area contributed by atoms with E-state index in [2.05, 4.69) is 10.3 Å². The van der Waals surface area contributed by atoms with Gasteiger partial charge in [-0.2, -0.15) is 0 Å². The van der Waals surface area contributed by atoms with E-state index < -0.39 is 17.1 Å². The van der Waals surface area contributed by atoms with Gasteiger partial charge in [-0.1, -0.05) is 64.5 Å². The number of anilines is 2. The van der Waals surface area contributed by atoms with Crippen LogP contribution in [0.2, 0.25) is 5.02 Å². The average molecular weight is 592 g/mol. The first kappa shape index (κ1) is 26.4. The van der Waals surface area contributed by atoms with Crippen LogP contribution in [0, 0.1) is 12.8 Å². The Hall–Kier alpha value is -3.86. The average Bonchev–Trinajstić information content (AvgIpc) is 3.43. The summed E-state index contributed by atoms with van der Waals surface area (Å²) >= 11 is 8.27. The van der Waals surface area contributed by atoms with Crippen molar-refractivity contribution in [3.8, 4) is 5.75 Å². The Balaban J connectivity index is 1.28. The van der Waals surface area contributed by atoms with Crippen LogP contribution in [0.1, 0.15) is 21.9 Å². The summed E-state index contributed by atoms with van der Waals surface area (Å²) < 4.78 is 5.79. The van der Waals surface area contributed by atoms with Crippen molar-refractivity contribution in [3.05, 3.63) is 103 Å². The number of imide groups is 1. The molecule has 11 heteroatoms. The number of carbonyl (C=O) groups is 3. The Morgan fingerprint density at radius 3 is 2.52 bits per heavy atom. The molecule has 1 aromatic heterocycles. The minimum atomic E-state index is -0.729. The number of carbonyl (C=O) groups excluding carboxylic acids is 3. The second kappa shape index (κ2) is 10.6. The Labute approximate surface area is 242 Å². The van der Waals surface area contributed by atoms with E-state index in [9.17, 15) is 19.2 Å². The molecule has 40 heavy (non-hydrogen) atoms. The molecule has 3 heterocycles. The summed E-state index contributed by atoms with van der Waals surface area (Å²) in [6.07, 6.45) is 0. The monoisotopic (exact) mass is 591 g/mol. The molecule has 0 unspecified atom stereocenters. The first-order valence-electron chi connectivity index (χ1n) is 12.4. The third kappa shape index (κ3) is 4.94. The molecule has 0 saturated carbocycles. The predicted octanol–water partition coefficient (Wildman–Crippen LogP) is 5.21. The van der Waals surface area contributed by atoms with Crippen LogP contribution in [-0.4, -0.2) is 34.6 Å². The van der Waals surface area contributed by atoms with Gasteiger partial charge >= 0.3 is 4.87 Å². The number of aromatic amines is 1. The van der Waals surface area contributed by atoms with E-state index in [0.29, 0.717) is 37.6 Å². The van der Waals surface area contributed by atoms with Crippen LogP contribution in [0.25, 0.3) is 0 Å². The molecule has 4 aromatic rings. The number of thiazole rings is 1. The van der Waals surface area contributed by atoms with E-state index in [1.807, 2.05) is 37.3 Å². The van der Waals surface area contributed by atoms with E-state index in [0.717, 1.165) is 16.9 Å². The SMILES string of the molecule is Cc1ccc(NC(=O)COc2cccc([C@@H]3c4sc(=O)[nH]c4S[C@H]4C(=O)N(c5ccc(Cl)cc5)C(=O)[C@@H]34)c2)cc1. The number of nitrogens with zero attached hydrogens (tertiary/aromatic N) is 1. The molecule has 202 valence electrons. The predicted molar refractivity (Wildman–Crippen MR) is 156 cm³/mol. The van der Waals surface area contributed by atoms with Crippen LogP contribution < -0.4 is 19.8 Å². The highest BCUT2D eigenvalue weighted by Crippen LogP contribution is 2.53. The third-order valence-electron chi connectivity index (χ3n) is 6.83. The fourth-order valence-electron chi connectivity index (χ4n) is 5.00. The highest BCUT2D eigenvalue weighted by Gasteiger charge is 2.56. The molecule has 3 aromatic carbocycles. The number of aryl methyl sites for hydroxylation is 1. The van der Waals surface area contributed by atoms with E-state index in [1.54, 1.807) is 42.5 Å². The second-order valence-electron chi connectivity index (χ2n) is 9.51. The van der Waals surface area contributed by atoms with Gasteiger partial charge in [-0.05, 0) is 61.0 Å². The zero-order valence-corrected chi connectivity index (χ0v) is 23.4. The van der Waals surface area contributed by atoms with Gasteiger partial charge in [0.1, 0.15) is 11.0 Å². The fraction of sp³-hybridized carbons (Fsp3) is 0.172. The summed E-state index contributed by atoms with van der Waals surface area (Å²) in [5.74, 6) is -1.85. The topological polar surface area (TPSA) is 109 Å². The van der Waals surface area contributed by atoms with Crippen molar-refractivity contribution in [2.45, 2.75) is 23.1 Å². The summed E-state index contributed by atoms with van der Waals surface area (Å²) in [6, 6.07) is 21.1. The van der Waals surface area contributed by atoms with E-state index in [1.165, 1.54) is 16.7 Å². The largest absolute Gasteiger partial charge is 0.484 e. The summed E-state index contributed by atoms with van der Waals surface area (Å²) in [6.45, 7) is 1.75. The highest BCUT2D eigenvalue weighted by molar-refractivity contribution is 8.00. The molecule has 8 nitrogen and oxygen atoms in total. The van der Waals surface area contributed by atoms with Gasteiger partial charge in [-0.3, -0.25) is 19.2 Å². The number of H-pyrrole nitrogens is 1. The zero-order chi connectivity index (χ0) is 28.0. The first-order valence-corrected chi connectivity index (χ1v) is 14.5. The molecule has 0 bridgehead atoms. The molecule has 1 saturated heterocycles. The van der Waals surface area contributed by atoms with Crippen LogP contribution >= 0.6 is 34.7 Å². The van der Waals surface area contributed by atoms with Crippen molar-refractivity contribution < 1.29 is 19.1 Å². The van der Waals surface area contributed by atoms with Gasteiger partial charge < -0.3 is 15.0 Å². The fourth-order valence-corrected chi connectivity index (χ4v) is 7.64. The van der Waals surface area contributed by atoms with Crippen molar-refractivity contribution >= 4 is 63.8 Å². The Bertz CT molecular complexity index is 1680. The Kier molecular flexibility index (Phi) is 6.99. The number of thioether (sulfide) groups is 1. The molecular formula is C29H22ClN3O5S2. The second-order valence-corrected chi connectivity index (χ2v) is 12.1. The van der Waals surface area contributed by atoms with Crippen LogP contribution in [0.15, 0.2) is 82.6 Å². The third-order valence-corrected chi connectivity index (χ3v) is 9.48. The molecule has 6 rings (SSSR count). The molecular weight excluding hydrogens is 570 g/mol. The Morgan fingerprint density at radius 1 is 1.02 bits per heavy atom. The first-order chi connectivity index (χ1) is 19.3. The van der Waals surface area contributed by atoms with Gasteiger partial charge in [-0.25, -0.2) is 4.90 Å². The number of rotatable bonds is 6. The molecule has 3 atom stereocenters. The van der Waals surface area contributed by atoms with Gasteiger partial charge in [0.05, 0.1) is 16.6 Å². The van der Waals surface area contributed by atoms with Gasteiger partial charge in [0.25, 0.3) is 5.91 Å². The lowest BCUT2D eigenvalue weighted by Gasteiger charge is -2.30. The number of ether oxygens (including phenoxy) is 1. The number of hydrogen-bond donors (Lipinski definition) is 2. The number of benzene rings is 3. The molecule has 2 aliphatic heterocycles. The molecule has 3 amide bonds. The Morgan fingerprint density at radius 2 is 1.77 bits per heavy atom. The van der Waals surface area contributed by atoms with Crippen molar-refractivity contribution in [2.75, 3.05) is 16.8 Å². The minimum Gasteiger partial charge on any atom is -0.484 e. The van der Waals surface area contributed by atoms with Gasteiger partial charge in [0, 0.05) is 21.5 Å². The van der Waals surface area contributed by atoms with Crippen molar-refractivity contribution in [1.82, 2.24) is 4.98 Å². The number of halogens is 1. The minimum absolute atomic E-state index is 0.214. The van der Waals surface area contributed by atoms with Crippen molar-refractivity contribution in [2.24, 2.45) is 5.92 Å². The quantitative estimate of drug-likeness (QED) is 0.298. The summed E-state index contributed by atoms with van der Waals surface area (Å²) in [5.41, 5.74) is 2.91. The van der Waals surface area contributed by atoms with E-state index in [-0.39, 0.29) is 29.2 Å². The van der Waals surface area contributed by atoms with Crippen LogP contribution in [-0.2, 0) is 14.4 Å². The normalized spacial score (nSPS) is 19.8. The number of nitrogens with one attached hydrogen (secondary N) is 2. The standard InChI is InChI=1S/C29H22ClN3O5S2/c1-15-5-9-18(10-6-15)31-21(34)14-38-20-4-2-3-16(13-20)22-23-25(39-26-24(22)40-29(37)32-26)28(36)33(27(23)35)19-11-7-17(30)8-12-19/h2-13,22-23,25H,14H2,1H3,(H,31,34)(H,32,37)/t22-,23-,25+/m0/s1. The molecule has 2 N–H and O–H groups in total.